The van der Waals surface area contributed by atoms with Gasteiger partial charge >= 0.3 is 0 Å². The van der Waals surface area contributed by atoms with Gasteiger partial charge in [0.1, 0.15) is 0 Å². The number of carbonyl (C=O) groups is 1. The Kier molecular flexibility index (Phi) is 2.87. The smallest absolute Gasteiger partial charge is 0.236 e. The summed E-state index contributed by atoms with van der Waals surface area (Å²) >= 11 is 0. The molecule has 1 aliphatic rings. The van der Waals surface area contributed by atoms with Crippen LogP contribution in [0.2, 0.25) is 0 Å². The number of carbonyl (C=O) groups excluding carboxylic acids is 1. The van der Waals surface area contributed by atoms with E-state index in [0.717, 1.165) is 25.9 Å². The van der Waals surface area contributed by atoms with Gasteiger partial charge in [0, 0.05) is 5.92 Å². The van der Waals surface area contributed by atoms with Crippen molar-refractivity contribution in [3.05, 3.63) is 0 Å². The van der Waals surface area contributed by atoms with E-state index in [1.165, 1.54) is 0 Å². The van der Waals surface area contributed by atoms with Crippen LogP contribution < -0.4 is 10.6 Å². The fourth-order valence-corrected chi connectivity index (χ4v) is 1.24. The summed E-state index contributed by atoms with van der Waals surface area (Å²) in [6.07, 6.45) is 3.33. The second kappa shape index (κ2) is 3.94. The minimum atomic E-state index is -0.131. The highest BCUT2D eigenvalue weighted by molar-refractivity contribution is 5.80. The molecule has 0 aromatic heterocycles. The number of rotatable bonds is 1. The van der Waals surface area contributed by atoms with Crippen molar-refractivity contribution in [1.82, 2.24) is 10.6 Å². The molecule has 2 N–H and O–H groups in total. The van der Waals surface area contributed by atoms with Crippen LogP contribution in [0.15, 0.2) is 0 Å². The van der Waals surface area contributed by atoms with Crippen LogP contribution in [0.5, 0.6) is 0 Å². The SMILES string of the molecule is N#CNC(=O)C1CCNCC1. The molecule has 0 unspecified atom stereocenters. The van der Waals surface area contributed by atoms with Gasteiger partial charge < -0.3 is 5.32 Å². The van der Waals surface area contributed by atoms with E-state index < -0.39 is 0 Å². The molecule has 4 nitrogen and oxygen atoms in total. The minimum Gasteiger partial charge on any atom is -0.317 e. The first-order chi connectivity index (χ1) is 5.34. The molecule has 0 bridgehead atoms. The summed E-state index contributed by atoms with van der Waals surface area (Å²) in [5, 5.41) is 13.5. The van der Waals surface area contributed by atoms with E-state index in [9.17, 15) is 4.79 Å². The Hall–Kier alpha value is -1.08. The maximum atomic E-state index is 11.0. The number of nitrogens with one attached hydrogen (secondary N) is 2. The summed E-state index contributed by atoms with van der Waals surface area (Å²) in [4.78, 5) is 11.0. The molecule has 0 spiro atoms. The fraction of sp³-hybridized carbons (Fsp3) is 0.714. The molecule has 0 saturated carbocycles. The lowest BCUT2D eigenvalue weighted by atomic mass is 9.97. The van der Waals surface area contributed by atoms with E-state index in [-0.39, 0.29) is 11.8 Å². The quantitative estimate of drug-likeness (QED) is 0.397. The Morgan fingerprint density at radius 3 is 2.73 bits per heavy atom. The highest BCUT2D eigenvalue weighted by Gasteiger charge is 2.19. The van der Waals surface area contributed by atoms with Crippen LogP contribution in [0.4, 0.5) is 0 Å². The van der Waals surface area contributed by atoms with Crippen LogP contribution in [-0.2, 0) is 4.79 Å². The number of hydrogen-bond donors (Lipinski definition) is 2. The summed E-state index contributed by atoms with van der Waals surface area (Å²) in [5.41, 5.74) is 0. The van der Waals surface area contributed by atoms with Crippen molar-refractivity contribution in [3.8, 4) is 6.19 Å². The van der Waals surface area contributed by atoms with Crippen molar-refractivity contribution >= 4 is 5.91 Å². The maximum absolute atomic E-state index is 11.0. The predicted octanol–water partition coefficient (Wildman–Crippen LogP) is -0.417. The van der Waals surface area contributed by atoms with Gasteiger partial charge in [-0.05, 0) is 25.9 Å². The molecule has 0 aromatic rings. The average molecular weight is 153 g/mol. The third kappa shape index (κ3) is 2.20. The standard InChI is InChI=1S/C7H11N3O/c8-5-10-7(11)6-1-3-9-4-2-6/h6,9H,1-4H2,(H,10,11). The molecule has 4 heteroatoms. The van der Waals surface area contributed by atoms with Gasteiger partial charge in [-0.25, -0.2) is 0 Å². The molecule has 1 saturated heterocycles. The van der Waals surface area contributed by atoms with Gasteiger partial charge in [-0.1, -0.05) is 0 Å². The molecular formula is C7H11N3O. The molecule has 1 heterocycles. The van der Waals surface area contributed by atoms with Crippen LogP contribution in [0, 0.1) is 17.4 Å². The summed E-state index contributed by atoms with van der Waals surface area (Å²) < 4.78 is 0. The maximum Gasteiger partial charge on any atom is 0.236 e. The third-order valence-electron chi connectivity index (χ3n) is 1.89. The zero-order valence-corrected chi connectivity index (χ0v) is 6.26. The topological polar surface area (TPSA) is 64.9 Å². The molecule has 1 amide bonds. The van der Waals surface area contributed by atoms with E-state index in [2.05, 4.69) is 10.6 Å². The van der Waals surface area contributed by atoms with Crippen LogP contribution >= 0.6 is 0 Å². The lowest BCUT2D eigenvalue weighted by molar-refractivity contribution is -0.124. The normalized spacial score (nSPS) is 18.8. The highest BCUT2D eigenvalue weighted by Crippen LogP contribution is 2.10. The Morgan fingerprint density at radius 2 is 2.18 bits per heavy atom. The van der Waals surface area contributed by atoms with Gasteiger partial charge in [-0.2, -0.15) is 5.26 Å². The molecule has 60 valence electrons. The van der Waals surface area contributed by atoms with Crippen LogP contribution in [0.25, 0.3) is 0 Å². The van der Waals surface area contributed by atoms with Gasteiger partial charge in [-0.3, -0.25) is 10.1 Å². The summed E-state index contributed by atoms with van der Waals surface area (Å²) in [6.45, 7) is 1.76. The predicted molar refractivity (Wildman–Crippen MR) is 39.3 cm³/mol. The van der Waals surface area contributed by atoms with Crippen molar-refractivity contribution in [2.75, 3.05) is 13.1 Å². The molecule has 1 rings (SSSR count). The van der Waals surface area contributed by atoms with Crippen molar-refractivity contribution in [2.45, 2.75) is 12.8 Å². The van der Waals surface area contributed by atoms with Crippen molar-refractivity contribution in [3.63, 3.8) is 0 Å². The van der Waals surface area contributed by atoms with Gasteiger partial charge in [0.25, 0.3) is 0 Å². The van der Waals surface area contributed by atoms with Crippen LogP contribution in [0.3, 0.4) is 0 Å². The minimum absolute atomic E-state index is 0.0379. The van der Waals surface area contributed by atoms with E-state index in [1.807, 2.05) is 0 Å². The molecule has 11 heavy (non-hydrogen) atoms. The largest absolute Gasteiger partial charge is 0.317 e. The van der Waals surface area contributed by atoms with Gasteiger partial charge in [0.05, 0.1) is 0 Å². The number of hydrogen-bond acceptors (Lipinski definition) is 3. The molecule has 1 aliphatic heterocycles. The fourth-order valence-electron chi connectivity index (χ4n) is 1.24. The second-order valence-electron chi connectivity index (χ2n) is 2.63. The van der Waals surface area contributed by atoms with Gasteiger partial charge in [-0.15, -0.1) is 0 Å². The van der Waals surface area contributed by atoms with Crippen molar-refractivity contribution in [1.29, 1.82) is 5.26 Å². The molecule has 0 atom stereocenters. The summed E-state index contributed by atoms with van der Waals surface area (Å²) in [5.74, 6) is -0.0927. The van der Waals surface area contributed by atoms with E-state index >= 15 is 0 Å². The summed E-state index contributed by atoms with van der Waals surface area (Å²) in [6, 6.07) is 0. The average Bonchev–Trinajstić information content (AvgIpc) is 2.07. The zero-order chi connectivity index (χ0) is 8.10. The monoisotopic (exact) mass is 153 g/mol. The molecular weight excluding hydrogens is 142 g/mol. The third-order valence-corrected chi connectivity index (χ3v) is 1.89. The lowest BCUT2D eigenvalue weighted by Gasteiger charge is -2.19. The first kappa shape index (κ1) is 8.02. The van der Waals surface area contributed by atoms with E-state index in [0.29, 0.717) is 0 Å². The van der Waals surface area contributed by atoms with Crippen LogP contribution in [-0.4, -0.2) is 19.0 Å². The Morgan fingerprint density at radius 1 is 1.55 bits per heavy atom. The first-order valence-corrected chi connectivity index (χ1v) is 3.74. The zero-order valence-electron chi connectivity index (χ0n) is 6.26. The highest BCUT2D eigenvalue weighted by atomic mass is 16.1. The number of nitriles is 1. The molecule has 0 aliphatic carbocycles. The Bertz CT molecular complexity index is 179. The lowest BCUT2D eigenvalue weighted by Crippen LogP contribution is -2.36. The molecule has 0 aromatic carbocycles. The number of nitrogens with zero attached hydrogens (tertiary/aromatic N) is 1. The van der Waals surface area contributed by atoms with Gasteiger partial charge in [0.2, 0.25) is 5.91 Å². The van der Waals surface area contributed by atoms with Crippen LogP contribution in [0.1, 0.15) is 12.8 Å². The molecule has 0 radical (unpaired) electrons. The van der Waals surface area contributed by atoms with E-state index in [4.69, 9.17) is 5.26 Å². The second-order valence-corrected chi connectivity index (χ2v) is 2.63. The van der Waals surface area contributed by atoms with Gasteiger partial charge in [0.15, 0.2) is 6.19 Å². The summed E-state index contributed by atoms with van der Waals surface area (Å²) in [7, 11) is 0. The Labute approximate surface area is 65.6 Å². The van der Waals surface area contributed by atoms with Crippen molar-refractivity contribution < 1.29 is 4.79 Å². The van der Waals surface area contributed by atoms with E-state index in [1.54, 1.807) is 6.19 Å². The first-order valence-electron chi connectivity index (χ1n) is 3.74. The number of piperidine rings is 1. The Balaban J connectivity index is 2.34. The molecule has 1 fully saturated rings. The number of amides is 1. The van der Waals surface area contributed by atoms with Crippen molar-refractivity contribution in [2.24, 2.45) is 5.92 Å².